The molecule has 0 fully saturated rings. The molecule has 2 rings (SSSR count). The summed E-state index contributed by atoms with van der Waals surface area (Å²) in [4.78, 5) is 28.3. The minimum Gasteiger partial charge on any atom is -0.511 e. The molecule has 0 saturated carbocycles. The lowest BCUT2D eigenvalue weighted by Gasteiger charge is -2.28. The maximum atomic E-state index is 13.1. The average Bonchev–Trinajstić information content (AvgIpc) is 2.79. The van der Waals surface area contributed by atoms with E-state index in [-0.39, 0.29) is 23.7 Å². The first-order valence-electron chi connectivity index (χ1n) is 11.3. The normalized spacial score (nSPS) is 20.8. The first-order chi connectivity index (χ1) is 15.5. The second-order valence-electron chi connectivity index (χ2n) is 8.65. The number of hydrogen-bond acceptors (Lipinski definition) is 4. The molecule has 0 aliphatic heterocycles. The van der Waals surface area contributed by atoms with Crippen molar-refractivity contribution in [3.8, 4) is 0 Å². The van der Waals surface area contributed by atoms with Crippen LogP contribution < -0.4 is 11.1 Å². The monoisotopic (exact) mass is 472 g/mol. The Labute approximate surface area is 197 Å². The molecule has 0 aromatic heterocycles. The molecule has 6 N–H and O–H groups in total. The Hall–Kier alpha value is -2.63. The van der Waals surface area contributed by atoms with Crippen molar-refractivity contribution in [2.45, 2.75) is 51.9 Å². The van der Waals surface area contributed by atoms with E-state index in [2.05, 4.69) is 47.2 Å². The smallest absolute Gasteiger partial charge is 0.224 e. The van der Waals surface area contributed by atoms with Gasteiger partial charge in [-0.2, -0.15) is 0 Å². The van der Waals surface area contributed by atoms with E-state index in [1.54, 1.807) is 13.8 Å². The Kier molecular flexibility index (Phi) is 9.69. The third kappa shape index (κ3) is 8.02. The quantitative estimate of drug-likeness (QED) is 0.134. The minimum atomic E-state index is -3.31. The van der Waals surface area contributed by atoms with Gasteiger partial charge in [0.05, 0.1) is 11.9 Å². The van der Waals surface area contributed by atoms with Crippen molar-refractivity contribution in [2.24, 2.45) is 22.6 Å². The van der Waals surface area contributed by atoms with Crippen LogP contribution in [-0.4, -0.2) is 39.7 Å². The number of nitrogens with one attached hydrogen (secondary N) is 2. The highest BCUT2D eigenvalue weighted by molar-refractivity contribution is 7.59. The second kappa shape index (κ2) is 12.0. The Morgan fingerprint density at radius 1 is 1.36 bits per heavy atom. The third-order valence-corrected chi connectivity index (χ3v) is 8.29. The number of allylic oxidation sites excluding steroid dienone is 4. The van der Waals surface area contributed by atoms with Crippen LogP contribution in [0.4, 0.5) is 0 Å². The van der Waals surface area contributed by atoms with Gasteiger partial charge in [0.1, 0.15) is 18.8 Å². The number of benzene rings is 1. The first kappa shape index (κ1) is 26.6. The van der Waals surface area contributed by atoms with Crippen molar-refractivity contribution in [3.05, 3.63) is 66.5 Å². The van der Waals surface area contributed by atoms with Gasteiger partial charge in [-0.15, -0.1) is 0 Å². The van der Waals surface area contributed by atoms with Crippen molar-refractivity contribution in [1.82, 2.24) is 5.32 Å². The molecule has 7 nitrogen and oxygen atoms in total. The molecule has 1 aromatic carbocycles. The zero-order chi connectivity index (χ0) is 24.6. The van der Waals surface area contributed by atoms with Gasteiger partial charge < -0.3 is 21.1 Å². The Bertz CT molecular complexity index is 971. The molecular weight excluding hydrogens is 435 g/mol. The van der Waals surface area contributed by atoms with Gasteiger partial charge in [-0.1, -0.05) is 62.1 Å². The molecule has 1 aliphatic carbocycles. The molecule has 1 aliphatic rings. The maximum absolute atomic E-state index is 13.1. The van der Waals surface area contributed by atoms with Gasteiger partial charge in [-0.25, -0.2) is 0 Å². The molecule has 0 heterocycles. The molecule has 0 spiro atoms. The summed E-state index contributed by atoms with van der Waals surface area (Å²) in [6.07, 6.45) is 8.09. The van der Waals surface area contributed by atoms with Crippen molar-refractivity contribution >= 4 is 24.6 Å². The van der Waals surface area contributed by atoms with Crippen LogP contribution in [0.25, 0.3) is 5.57 Å². The van der Waals surface area contributed by atoms with E-state index in [9.17, 15) is 14.8 Å². The lowest BCUT2D eigenvalue weighted by molar-refractivity contribution is -0.125. The van der Waals surface area contributed by atoms with Crippen molar-refractivity contribution in [1.29, 1.82) is 5.16 Å². The molecule has 0 radical (unpaired) electrons. The highest BCUT2D eigenvalue weighted by Crippen LogP contribution is 2.50. The van der Waals surface area contributed by atoms with Gasteiger partial charge in [0, 0.05) is 18.5 Å². The molecule has 180 valence electrons. The lowest BCUT2D eigenvalue weighted by atomic mass is 9.86. The van der Waals surface area contributed by atoms with E-state index < -0.39 is 25.0 Å². The summed E-state index contributed by atoms with van der Waals surface area (Å²) >= 11 is 0. The fourth-order valence-corrected chi connectivity index (χ4v) is 5.28. The van der Waals surface area contributed by atoms with Crippen LogP contribution in [-0.2, 0) is 4.79 Å². The summed E-state index contributed by atoms with van der Waals surface area (Å²) in [6.45, 7) is 8.65. The largest absolute Gasteiger partial charge is 0.511 e. The number of aliphatic hydroxyl groups excluding tert-OH is 1. The zero-order valence-electron chi connectivity index (χ0n) is 19.7. The van der Waals surface area contributed by atoms with E-state index in [1.807, 2.05) is 25.1 Å². The molecule has 0 saturated heterocycles. The van der Waals surface area contributed by atoms with E-state index in [0.717, 1.165) is 17.6 Å². The van der Waals surface area contributed by atoms with Crippen molar-refractivity contribution < 1.29 is 14.8 Å². The first-order valence-corrected chi connectivity index (χ1v) is 13.3. The molecule has 3 unspecified atom stereocenters. The van der Waals surface area contributed by atoms with Crippen LogP contribution in [0, 0.1) is 17.0 Å². The van der Waals surface area contributed by atoms with Crippen molar-refractivity contribution in [2.75, 3.05) is 6.16 Å². The zero-order valence-corrected chi connectivity index (χ0v) is 20.6. The van der Waals surface area contributed by atoms with Crippen LogP contribution in [0.2, 0.25) is 0 Å². The average molecular weight is 473 g/mol. The number of nitrogens with zero attached hydrogens (tertiary/aromatic N) is 1. The number of amidine groups is 1. The fraction of sp³-hybridized carbons (Fsp3) is 0.440. The molecule has 33 heavy (non-hydrogen) atoms. The predicted molar refractivity (Wildman–Crippen MR) is 137 cm³/mol. The summed E-state index contributed by atoms with van der Waals surface area (Å²) in [5.74, 6) is -1.25. The van der Waals surface area contributed by atoms with Gasteiger partial charge >= 0.3 is 0 Å². The lowest BCUT2D eigenvalue weighted by Crippen LogP contribution is -2.40. The molecule has 1 amide bonds. The van der Waals surface area contributed by atoms with E-state index in [1.165, 1.54) is 0 Å². The number of nitrogens with two attached hydrogens (primary N) is 1. The molecule has 5 atom stereocenters. The highest BCUT2D eigenvalue weighted by atomic mass is 31.2. The van der Waals surface area contributed by atoms with Gasteiger partial charge in [0.2, 0.25) is 5.91 Å². The van der Waals surface area contributed by atoms with E-state index >= 15 is 0 Å². The molecule has 8 heteroatoms. The third-order valence-electron chi connectivity index (χ3n) is 5.94. The molecular formula is C25H37N4O3P. The topological polar surface area (TPSA) is 132 Å². The summed E-state index contributed by atoms with van der Waals surface area (Å²) in [5.41, 5.74) is 8.09. The van der Waals surface area contributed by atoms with Gasteiger partial charge in [0.25, 0.3) is 0 Å². The Balaban J connectivity index is 2.17. The maximum Gasteiger partial charge on any atom is 0.224 e. The summed E-state index contributed by atoms with van der Waals surface area (Å²) in [7, 11) is -3.31. The van der Waals surface area contributed by atoms with Gasteiger partial charge in [-0.3, -0.25) is 14.9 Å². The van der Waals surface area contributed by atoms with Crippen LogP contribution in [0.5, 0.6) is 0 Å². The number of rotatable bonds is 11. The number of aliphatic imine (C=N–C) groups is 1. The minimum absolute atomic E-state index is 0.00468. The summed E-state index contributed by atoms with van der Waals surface area (Å²) < 4.78 is 0. The standard InChI is InChI=1S/C25H37N4O3P/c1-5-24(26)29-19(4)33(27,32)16-23(25(31)28-17(2)18(3)30)15-20-11-13-22(14-12-20)21-9-7-6-8-10-21/h6-11,13-14,17,19-20,23,30H,3,5,12,15-16H2,1-2,4H3,(H2,26,29)(H2,27,32)(H,28,31)/t17?,19-,20?,23-,33?/m1/s1. The highest BCUT2D eigenvalue weighted by Gasteiger charge is 2.32. The van der Waals surface area contributed by atoms with Crippen LogP contribution in [0.3, 0.4) is 0 Å². The Morgan fingerprint density at radius 3 is 2.58 bits per heavy atom. The van der Waals surface area contributed by atoms with E-state index in [0.29, 0.717) is 18.7 Å². The van der Waals surface area contributed by atoms with Gasteiger partial charge in [-0.05, 0) is 43.7 Å². The number of carbonyl (C=O) groups is 1. The van der Waals surface area contributed by atoms with E-state index in [4.69, 9.17) is 10.9 Å². The summed E-state index contributed by atoms with van der Waals surface area (Å²) in [6, 6.07) is 9.49. The predicted octanol–water partition coefficient (Wildman–Crippen LogP) is 5.03. The van der Waals surface area contributed by atoms with Crippen LogP contribution in [0.1, 0.15) is 45.6 Å². The molecule has 1 aromatic rings. The number of aliphatic hydroxyl groups is 1. The fourth-order valence-electron chi connectivity index (χ4n) is 3.64. The van der Waals surface area contributed by atoms with Crippen LogP contribution >= 0.6 is 7.28 Å². The number of carbonyl (C=O) groups excluding carboxylic acids is 1. The molecule has 0 bridgehead atoms. The number of amides is 1. The number of hydrogen-bond donors (Lipinski definition) is 5. The summed E-state index contributed by atoms with van der Waals surface area (Å²) in [5, 5.41) is 21.0. The van der Waals surface area contributed by atoms with Crippen LogP contribution in [0.15, 0.2) is 65.9 Å². The van der Waals surface area contributed by atoms with Crippen molar-refractivity contribution in [3.63, 3.8) is 0 Å². The Morgan fingerprint density at radius 2 is 2.03 bits per heavy atom. The second-order valence-corrected chi connectivity index (χ2v) is 11.4. The van der Waals surface area contributed by atoms with Gasteiger partial charge in [0.15, 0.2) is 0 Å². The SMILES string of the molecule is C=C(O)C(C)NC(=O)[C@H](CC1C=CC(c2ccccc2)=CC1)CP(=N)(O)[C@H](C)N=C(N)CC.